The van der Waals surface area contributed by atoms with Gasteiger partial charge in [-0.15, -0.1) is 0 Å². The Labute approximate surface area is 137 Å². The van der Waals surface area contributed by atoms with Crippen molar-refractivity contribution in [2.24, 2.45) is 0 Å². The third-order valence-corrected chi connectivity index (χ3v) is 4.44. The van der Waals surface area contributed by atoms with Crippen LogP contribution >= 0.6 is 0 Å². The monoisotopic (exact) mass is 309 g/mol. The van der Waals surface area contributed by atoms with Crippen LogP contribution < -0.4 is 0 Å². The molecule has 3 nitrogen and oxygen atoms in total. The van der Waals surface area contributed by atoms with Crippen molar-refractivity contribution in [3.63, 3.8) is 0 Å². The van der Waals surface area contributed by atoms with Crippen LogP contribution in [0.25, 0.3) is 49.6 Å². The van der Waals surface area contributed by atoms with Crippen molar-refractivity contribution in [3.05, 3.63) is 66.6 Å². The van der Waals surface area contributed by atoms with E-state index in [4.69, 9.17) is 14.1 Å². The summed E-state index contributed by atoms with van der Waals surface area (Å²) >= 11 is 0. The fraction of sp³-hybridized carbons (Fsp3) is 0. The Morgan fingerprint density at radius 1 is 0.792 bits per heavy atom. The lowest BCUT2D eigenvalue weighted by Crippen LogP contribution is -1.78. The van der Waals surface area contributed by atoms with Gasteiger partial charge in [-0.25, -0.2) is 0 Å². The van der Waals surface area contributed by atoms with Crippen molar-refractivity contribution in [2.45, 2.75) is 0 Å². The van der Waals surface area contributed by atoms with E-state index in [9.17, 15) is 0 Å². The van der Waals surface area contributed by atoms with Crippen molar-refractivity contribution in [1.82, 2.24) is 0 Å². The Kier molecular flexibility index (Phi) is 2.43. The molecule has 0 N–H and O–H groups in total. The Morgan fingerprint density at radius 3 is 2.04 bits per heavy atom. The lowest BCUT2D eigenvalue weighted by Gasteiger charge is -2.04. The molecule has 3 heteroatoms. The summed E-state index contributed by atoms with van der Waals surface area (Å²) in [4.78, 5) is 0. The smallest absolute Gasteiger partial charge is 0.204 e. The van der Waals surface area contributed by atoms with E-state index < -0.39 is 0 Å². The average Bonchev–Trinajstić information content (AvgIpc) is 3.20. The molecule has 5 aromatic rings. The van der Waals surface area contributed by atoms with Crippen LogP contribution in [0.4, 0.5) is 0 Å². The maximum atomic E-state index is 9.03. The quantitative estimate of drug-likeness (QED) is 0.357. The second-order valence-electron chi connectivity index (χ2n) is 5.86. The minimum absolute atomic E-state index is 0.327. The summed E-state index contributed by atoms with van der Waals surface area (Å²) in [5.74, 6) is 1.09. The van der Waals surface area contributed by atoms with Crippen molar-refractivity contribution in [3.8, 4) is 6.07 Å². The molecule has 0 radical (unpaired) electrons. The fourth-order valence-corrected chi connectivity index (χ4v) is 3.31. The highest BCUT2D eigenvalue weighted by atomic mass is 16.3. The van der Waals surface area contributed by atoms with Crippen molar-refractivity contribution >= 4 is 49.6 Å². The number of fused-ring (bicyclic) bond motifs is 5. The first kappa shape index (κ1) is 13.0. The van der Waals surface area contributed by atoms with Gasteiger partial charge in [0.05, 0.1) is 0 Å². The second-order valence-corrected chi connectivity index (χ2v) is 5.86. The Bertz CT molecular complexity index is 1330. The standard InChI is InChI=1S/C21H11NO2/c1-2-16-7-14-5-12-3-4-13-6-15-8-17(11-22)24-21(15)10-19(13)18(12)9-20(14)23-16/h2-10H,1H2. The van der Waals surface area contributed by atoms with Crippen LogP contribution in [-0.2, 0) is 0 Å². The van der Waals surface area contributed by atoms with Gasteiger partial charge in [0.2, 0.25) is 5.76 Å². The molecule has 0 atom stereocenters. The van der Waals surface area contributed by atoms with E-state index in [1.807, 2.05) is 12.1 Å². The Hall–Kier alpha value is -3.51. The predicted molar refractivity (Wildman–Crippen MR) is 95.8 cm³/mol. The van der Waals surface area contributed by atoms with E-state index in [0.717, 1.165) is 49.2 Å². The molecule has 5 rings (SSSR count). The van der Waals surface area contributed by atoms with Crippen LogP contribution in [-0.4, -0.2) is 0 Å². The third-order valence-electron chi connectivity index (χ3n) is 4.44. The Morgan fingerprint density at radius 2 is 1.42 bits per heavy atom. The highest BCUT2D eigenvalue weighted by molar-refractivity contribution is 6.14. The molecule has 3 aromatic carbocycles. The van der Waals surface area contributed by atoms with Gasteiger partial charge < -0.3 is 8.83 Å². The first-order chi connectivity index (χ1) is 11.7. The van der Waals surface area contributed by atoms with E-state index in [-0.39, 0.29) is 0 Å². The van der Waals surface area contributed by atoms with Gasteiger partial charge in [0.1, 0.15) is 23.0 Å². The van der Waals surface area contributed by atoms with Gasteiger partial charge in [-0.1, -0.05) is 18.7 Å². The van der Waals surface area contributed by atoms with Crippen molar-refractivity contribution in [2.75, 3.05) is 0 Å². The molecule has 0 aliphatic carbocycles. The number of hydrogen-bond acceptors (Lipinski definition) is 3. The second kappa shape index (κ2) is 4.50. The normalized spacial score (nSPS) is 11.5. The molecule has 2 heterocycles. The topological polar surface area (TPSA) is 50.1 Å². The van der Waals surface area contributed by atoms with Crippen LogP contribution in [0.2, 0.25) is 0 Å². The van der Waals surface area contributed by atoms with Crippen LogP contribution in [0, 0.1) is 11.3 Å². The molecule has 24 heavy (non-hydrogen) atoms. The van der Waals surface area contributed by atoms with Crippen LogP contribution in [0.1, 0.15) is 11.5 Å². The van der Waals surface area contributed by atoms with E-state index in [2.05, 4.69) is 43.0 Å². The summed E-state index contributed by atoms with van der Waals surface area (Å²) in [5.41, 5.74) is 1.56. The number of nitriles is 1. The van der Waals surface area contributed by atoms with Gasteiger partial charge in [-0.05, 0) is 58.0 Å². The molecule has 0 aliphatic rings. The van der Waals surface area contributed by atoms with Crippen molar-refractivity contribution < 1.29 is 8.83 Å². The minimum atomic E-state index is 0.327. The summed E-state index contributed by atoms with van der Waals surface area (Å²) in [7, 11) is 0. The average molecular weight is 309 g/mol. The maximum absolute atomic E-state index is 9.03. The van der Waals surface area contributed by atoms with Gasteiger partial charge in [-0.2, -0.15) is 5.26 Å². The van der Waals surface area contributed by atoms with E-state index in [1.165, 1.54) is 0 Å². The summed E-state index contributed by atoms with van der Waals surface area (Å²) in [5, 5.41) is 15.4. The van der Waals surface area contributed by atoms with Crippen LogP contribution in [0.15, 0.2) is 63.9 Å². The van der Waals surface area contributed by atoms with Crippen LogP contribution in [0.5, 0.6) is 0 Å². The van der Waals surface area contributed by atoms with E-state index in [0.29, 0.717) is 5.76 Å². The summed E-state index contributed by atoms with van der Waals surface area (Å²) in [6.07, 6.45) is 1.71. The van der Waals surface area contributed by atoms with Gasteiger partial charge >= 0.3 is 0 Å². The summed E-state index contributed by atoms with van der Waals surface area (Å²) < 4.78 is 11.4. The first-order valence-corrected chi connectivity index (χ1v) is 7.61. The highest BCUT2D eigenvalue weighted by Crippen LogP contribution is 2.34. The van der Waals surface area contributed by atoms with Crippen molar-refractivity contribution in [1.29, 1.82) is 5.26 Å². The number of furan rings is 2. The number of benzene rings is 3. The minimum Gasteiger partial charge on any atom is -0.457 e. The molecule has 0 aliphatic heterocycles. The molecule has 0 bridgehead atoms. The van der Waals surface area contributed by atoms with E-state index in [1.54, 1.807) is 12.1 Å². The zero-order valence-corrected chi connectivity index (χ0v) is 12.7. The largest absolute Gasteiger partial charge is 0.457 e. The molecule has 0 saturated carbocycles. The highest BCUT2D eigenvalue weighted by Gasteiger charge is 2.10. The molecule has 0 spiro atoms. The van der Waals surface area contributed by atoms with Gasteiger partial charge in [0.25, 0.3) is 0 Å². The summed E-state index contributed by atoms with van der Waals surface area (Å²) in [6, 6.07) is 18.2. The zero-order chi connectivity index (χ0) is 16.3. The molecule has 112 valence electrons. The molecule has 0 amide bonds. The van der Waals surface area contributed by atoms with Gasteiger partial charge in [0, 0.05) is 16.8 Å². The molecular formula is C21H11NO2. The van der Waals surface area contributed by atoms with Gasteiger partial charge in [-0.3, -0.25) is 0 Å². The molecule has 0 unspecified atom stereocenters. The lowest BCUT2D eigenvalue weighted by molar-refractivity contribution is 0.600. The van der Waals surface area contributed by atoms with Gasteiger partial charge in [0.15, 0.2) is 0 Å². The fourth-order valence-electron chi connectivity index (χ4n) is 3.31. The van der Waals surface area contributed by atoms with Crippen LogP contribution in [0.3, 0.4) is 0 Å². The maximum Gasteiger partial charge on any atom is 0.204 e. The third kappa shape index (κ3) is 1.71. The molecule has 2 aromatic heterocycles. The Balaban J connectivity index is 1.92. The number of rotatable bonds is 1. The predicted octanol–water partition coefficient (Wildman–Crippen LogP) is 6.00. The lowest BCUT2D eigenvalue weighted by atomic mass is 9.99. The molecular weight excluding hydrogens is 298 g/mol. The SMILES string of the molecule is C=Cc1cc2cc3ccc4cc5cc(C#N)oc5cc4c3cc2o1. The number of nitrogens with zero attached hydrogens (tertiary/aromatic N) is 1. The molecule has 0 fully saturated rings. The molecule has 0 saturated heterocycles. The first-order valence-electron chi connectivity index (χ1n) is 7.61. The summed E-state index contributed by atoms with van der Waals surface area (Å²) in [6.45, 7) is 3.76. The van der Waals surface area contributed by atoms with E-state index >= 15 is 0 Å². The number of hydrogen-bond donors (Lipinski definition) is 0. The zero-order valence-electron chi connectivity index (χ0n) is 12.7.